The van der Waals surface area contributed by atoms with Crippen LogP contribution in [0.5, 0.6) is 0 Å². The zero-order chi connectivity index (χ0) is 13.3. The zero-order valence-corrected chi connectivity index (χ0v) is 12.2. The SMILES string of the molecule is Cc1ccc(NC(=O)C(C)(C)Br)c2cccnc12. The van der Waals surface area contributed by atoms with Gasteiger partial charge in [0.15, 0.2) is 0 Å². The standard InChI is InChI=1S/C14H15BrN2O/c1-9-6-7-11(17-13(18)14(2,3)15)10-5-4-8-16-12(9)10/h4-8H,1-3H3,(H,17,18). The van der Waals surface area contributed by atoms with Gasteiger partial charge in [-0.1, -0.05) is 22.0 Å². The molecule has 0 bridgehead atoms. The van der Waals surface area contributed by atoms with Crippen molar-refractivity contribution in [1.82, 2.24) is 4.98 Å². The van der Waals surface area contributed by atoms with Crippen molar-refractivity contribution in [2.45, 2.75) is 25.1 Å². The molecule has 94 valence electrons. The van der Waals surface area contributed by atoms with Gasteiger partial charge >= 0.3 is 0 Å². The van der Waals surface area contributed by atoms with Gasteiger partial charge in [-0.05, 0) is 44.5 Å². The second-order valence-electron chi connectivity index (χ2n) is 4.76. The highest BCUT2D eigenvalue weighted by molar-refractivity contribution is 9.10. The second-order valence-corrected chi connectivity index (χ2v) is 6.74. The number of aryl methyl sites for hydroxylation is 1. The van der Waals surface area contributed by atoms with Crippen LogP contribution < -0.4 is 5.32 Å². The molecule has 1 heterocycles. The van der Waals surface area contributed by atoms with Gasteiger partial charge in [-0.15, -0.1) is 0 Å². The quantitative estimate of drug-likeness (QED) is 0.860. The second kappa shape index (κ2) is 4.69. The van der Waals surface area contributed by atoms with Crippen molar-refractivity contribution in [3.8, 4) is 0 Å². The minimum Gasteiger partial charge on any atom is -0.324 e. The van der Waals surface area contributed by atoms with Crippen LogP contribution in [0.3, 0.4) is 0 Å². The summed E-state index contributed by atoms with van der Waals surface area (Å²) in [5, 5.41) is 3.89. The Kier molecular flexibility index (Phi) is 3.39. The van der Waals surface area contributed by atoms with Gasteiger partial charge in [0.25, 0.3) is 0 Å². The average Bonchev–Trinajstić information content (AvgIpc) is 2.32. The summed E-state index contributed by atoms with van der Waals surface area (Å²) in [5.74, 6) is -0.0727. The first-order valence-electron chi connectivity index (χ1n) is 5.74. The highest BCUT2D eigenvalue weighted by Gasteiger charge is 2.24. The third-order valence-corrected chi connectivity index (χ3v) is 3.12. The molecule has 0 saturated heterocycles. The molecular weight excluding hydrogens is 292 g/mol. The first-order chi connectivity index (χ1) is 8.39. The molecule has 0 saturated carbocycles. The van der Waals surface area contributed by atoms with Crippen LogP contribution in [0.1, 0.15) is 19.4 Å². The molecule has 2 aromatic rings. The van der Waals surface area contributed by atoms with E-state index in [0.717, 1.165) is 22.2 Å². The van der Waals surface area contributed by atoms with Gasteiger partial charge in [0, 0.05) is 11.6 Å². The number of carbonyl (C=O) groups excluding carboxylic acids is 1. The van der Waals surface area contributed by atoms with E-state index < -0.39 is 4.32 Å². The number of hydrogen-bond acceptors (Lipinski definition) is 2. The number of aromatic nitrogens is 1. The molecule has 1 aromatic carbocycles. The number of carbonyl (C=O) groups is 1. The van der Waals surface area contributed by atoms with Crippen molar-refractivity contribution >= 4 is 38.4 Å². The molecule has 4 heteroatoms. The van der Waals surface area contributed by atoms with Gasteiger partial charge in [0.2, 0.25) is 5.91 Å². The van der Waals surface area contributed by atoms with Crippen LogP contribution in [0.2, 0.25) is 0 Å². The first-order valence-corrected chi connectivity index (χ1v) is 6.53. The Hall–Kier alpha value is -1.42. The summed E-state index contributed by atoms with van der Waals surface area (Å²) in [6, 6.07) is 7.71. The molecule has 0 aliphatic heterocycles. The third kappa shape index (κ3) is 2.53. The van der Waals surface area contributed by atoms with E-state index >= 15 is 0 Å². The molecule has 1 aromatic heterocycles. The van der Waals surface area contributed by atoms with Gasteiger partial charge in [0.05, 0.1) is 15.5 Å². The van der Waals surface area contributed by atoms with E-state index in [9.17, 15) is 4.79 Å². The summed E-state index contributed by atoms with van der Waals surface area (Å²) in [5.41, 5.74) is 2.81. The zero-order valence-electron chi connectivity index (χ0n) is 10.6. The minimum atomic E-state index is -0.591. The molecule has 0 aliphatic carbocycles. The van der Waals surface area contributed by atoms with Gasteiger partial charge in [0.1, 0.15) is 0 Å². The molecule has 18 heavy (non-hydrogen) atoms. The lowest BCUT2D eigenvalue weighted by molar-refractivity contribution is -0.117. The molecule has 0 atom stereocenters. The van der Waals surface area contributed by atoms with E-state index in [1.807, 2.05) is 45.0 Å². The topological polar surface area (TPSA) is 42.0 Å². The van der Waals surface area contributed by atoms with Crippen LogP contribution in [0, 0.1) is 6.92 Å². The van der Waals surface area contributed by atoms with Crippen LogP contribution in [0.15, 0.2) is 30.5 Å². The third-order valence-electron chi connectivity index (χ3n) is 2.76. The lowest BCUT2D eigenvalue weighted by Gasteiger charge is -2.17. The summed E-state index contributed by atoms with van der Waals surface area (Å²) in [4.78, 5) is 16.3. The molecule has 0 fully saturated rings. The number of nitrogens with one attached hydrogen (secondary N) is 1. The van der Waals surface area contributed by atoms with E-state index in [1.165, 1.54) is 0 Å². The molecular formula is C14H15BrN2O. The van der Waals surface area contributed by atoms with Gasteiger partial charge in [-0.3, -0.25) is 9.78 Å². The van der Waals surface area contributed by atoms with Crippen molar-refractivity contribution < 1.29 is 4.79 Å². The van der Waals surface area contributed by atoms with Crippen LogP contribution >= 0.6 is 15.9 Å². The summed E-state index contributed by atoms with van der Waals surface area (Å²) in [7, 11) is 0. The largest absolute Gasteiger partial charge is 0.324 e. The summed E-state index contributed by atoms with van der Waals surface area (Å²) in [6.45, 7) is 5.64. The van der Waals surface area contributed by atoms with Crippen LogP contribution in [0.4, 0.5) is 5.69 Å². The number of rotatable bonds is 2. The molecule has 0 aliphatic rings. The lowest BCUT2D eigenvalue weighted by Crippen LogP contribution is -2.31. The molecule has 0 spiro atoms. The normalized spacial score (nSPS) is 11.6. The number of alkyl halides is 1. The fourth-order valence-electron chi connectivity index (χ4n) is 1.69. The maximum Gasteiger partial charge on any atom is 0.240 e. The maximum absolute atomic E-state index is 12.0. The van der Waals surface area contributed by atoms with Crippen LogP contribution in [-0.2, 0) is 4.79 Å². The minimum absolute atomic E-state index is 0.0727. The molecule has 3 nitrogen and oxygen atoms in total. The maximum atomic E-state index is 12.0. The highest BCUT2D eigenvalue weighted by atomic mass is 79.9. The predicted molar refractivity (Wildman–Crippen MR) is 78.1 cm³/mol. The average molecular weight is 307 g/mol. The number of benzene rings is 1. The van der Waals surface area contributed by atoms with Crippen molar-refractivity contribution in [3.63, 3.8) is 0 Å². The van der Waals surface area contributed by atoms with E-state index in [1.54, 1.807) is 6.20 Å². The van der Waals surface area contributed by atoms with Gasteiger partial charge in [-0.2, -0.15) is 0 Å². The van der Waals surface area contributed by atoms with Crippen molar-refractivity contribution in [3.05, 3.63) is 36.0 Å². The van der Waals surface area contributed by atoms with E-state index in [-0.39, 0.29) is 5.91 Å². The summed E-state index contributed by atoms with van der Waals surface area (Å²) < 4.78 is -0.591. The number of fused-ring (bicyclic) bond motifs is 1. The number of halogens is 1. The first kappa shape index (κ1) is 13.0. The molecule has 1 N–H and O–H groups in total. The van der Waals surface area contributed by atoms with Gasteiger partial charge < -0.3 is 5.32 Å². The van der Waals surface area contributed by atoms with Crippen LogP contribution in [0.25, 0.3) is 10.9 Å². The van der Waals surface area contributed by atoms with Gasteiger partial charge in [-0.25, -0.2) is 0 Å². The summed E-state index contributed by atoms with van der Waals surface area (Å²) >= 11 is 3.35. The molecule has 1 amide bonds. The van der Waals surface area contributed by atoms with Crippen molar-refractivity contribution in [2.24, 2.45) is 0 Å². The number of anilines is 1. The molecule has 0 radical (unpaired) electrons. The highest BCUT2D eigenvalue weighted by Crippen LogP contribution is 2.26. The number of nitrogens with zero attached hydrogens (tertiary/aromatic N) is 1. The Balaban J connectivity index is 2.47. The Morgan fingerprint density at radius 3 is 2.72 bits per heavy atom. The Morgan fingerprint density at radius 2 is 2.06 bits per heavy atom. The van der Waals surface area contributed by atoms with Crippen molar-refractivity contribution in [1.29, 1.82) is 0 Å². The van der Waals surface area contributed by atoms with E-state index in [0.29, 0.717) is 0 Å². The lowest BCUT2D eigenvalue weighted by atomic mass is 10.1. The Labute approximate surface area is 115 Å². The van der Waals surface area contributed by atoms with E-state index in [2.05, 4.69) is 26.2 Å². The van der Waals surface area contributed by atoms with Crippen molar-refractivity contribution in [2.75, 3.05) is 5.32 Å². The fourth-order valence-corrected chi connectivity index (χ4v) is 1.79. The Bertz CT molecular complexity index is 602. The molecule has 2 rings (SSSR count). The summed E-state index contributed by atoms with van der Waals surface area (Å²) in [6.07, 6.45) is 1.76. The number of hydrogen-bond donors (Lipinski definition) is 1. The smallest absolute Gasteiger partial charge is 0.240 e. The molecule has 0 unspecified atom stereocenters. The Morgan fingerprint density at radius 1 is 1.33 bits per heavy atom. The predicted octanol–water partition coefficient (Wildman–Crippen LogP) is 3.66. The van der Waals surface area contributed by atoms with Crippen LogP contribution in [-0.4, -0.2) is 15.2 Å². The monoisotopic (exact) mass is 306 g/mol. The van der Waals surface area contributed by atoms with E-state index in [4.69, 9.17) is 0 Å². The number of amides is 1. The fraction of sp³-hybridized carbons (Fsp3) is 0.286. The number of pyridine rings is 1.